The van der Waals surface area contributed by atoms with Gasteiger partial charge in [0.15, 0.2) is 5.82 Å². The number of rotatable bonds is 4. The number of hydrogen-bond acceptors (Lipinski definition) is 3. The first-order valence-corrected chi connectivity index (χ1v) is 6.04. The molecule has 2 aromatic rings. The average molecular weight is 273 g/mol. The van der Waals surface area contributed by atoms with Gasteiger partial charge in [-0.3, -0.25) is 0 Å². The van der Waals surface area contributed by atoms with Crippen molar-refractivity contribution in [3.8, 4) is 5.75 Å². The third-order valence-electron chi connectivity index (χ3n) is 2.63. The van der Waals surface area contributed by atoms with Gasteiger partial charge in [-0.15, -0.1) is 0 Å². The second-order valence-electron chi connectivity index (χ2n) is 3.78. The average Bonchev–Trinajstić information content (AvgIpc) is 2.43. The van der Waals surface area contributed by atoms with Gasteiger partial charge in [0.1, 0.15) is 10.9 Å². The number of methoxy groups -OCH3 is 1. The molecule has 0 atom stereocenters. The van der Waals surface area contributed by atoms with Crippen molar-refractivity contribution in [2.75, 3.05) is 7.11 Å². The molecule has 2 rings (SSSR count). The highest BCUT2D eigenvalue weighted by Crippen LogP contribution is 2.26. The predicted molar refractivity (Wildman–Crippen MR) is 79.5 cm³/mol. The zero-order valence-corrected chi connectivity index (χ0v) is 11.3. The Morgan fingerprint density at radius 2 is 2.11 bits per heavy atom. The van der Waals surface area contributed by atoms with E-state index in [1.165, 1.54) is 0 Å². The number of halogens is 1. The molecule has 0 aliphatic heterocycles. The van der Waals surface area contributed by atoms with Crippen molar-refractivity contribution in [1.29, 1.82) is 0 Å². The molecule has 0 bridgehead atoms. The summed E-state index contributed by atoms with van der Waals surface area (Å²) in [6.45, 7) is 7.39. The summed E-state index contributed by atoms with van der Waals surface area (Å²) < 4.78 is 5.18. The van der Waals surface area contributed by atoms with E-state index in [1.807, 2.05) is 18.2 Å². The van der Waals surface area contributed by atoms with E-state index in [4.69, 9.17) is 16.3 Å². The van der Waals surface area contributed by atoms with E-state index in [0.29, 0.717) is 11.0 Å². The zero-order chi connectivity index (χ0) is 13.8. The lowest BCUT2D eigenvalue weighted by molar-refractivity contribution is 0.415. The molecule has 0 saturated heterocycles. The smallest absolute Gasteiger partial charge is 0.161 e. The van der Waals surface area contributed by atoms with Gasteiger partial charge in [-0.05, 0) is 12.1 Å². The number of nitrogens with zero attached hydrogens (tertiary/aromatic N) is 2. The van der Waals surface area contributed by atoms with E-state index in [-0.39, 0.29) is 0 Å². The summed E-state index contributed by atoms with van der Waals surface area (Å²) in [6.07, 6.45) is 5.11. The normalized spacial score (nSPS) is 11.4. The van der Waals surface area contributed by atoms with E-state index in [1.54, 1.807) is 25.3 Å². The Hall–Kier alpha value is -2.13. The molecule has 0 amide bonds. The Morgan fingerprint density at radius 1 is 1.32 bits per heavy atom. The number of hydrogen-bond donors (Lipinski definition) is 0. The lowest BCUT2D eigenvalue weighted by Crippen LogP contribution is -1.95. The van der Waals surface area contributed by atoms with E-state index >= 15 is 0 Å². The second kappa shape index (κ2) is 5.67. The fourth-order valence-electron chi connectivity index (χ4n) is 1.69. The Labute approximate surface area is 116 Å². The molecule has 1 aromatic heterocycles. The van der Waals surface area contributed by atoms with Crippen molar-refractivity contribution in [2.45, 2.75) is 0 Å². The minimum absolute atomic E-state index is 0.402. The summed E-state index contributed by atoms with van der Waals surface area (Å²) in [5.74, 6) is 1.24. The molecular formula is C15H13ClN2O. The first kappa shape index (κ1) is 13.3. The molecule has 0 N–H and O–H groups in total. The Bertz CT molecular complexity index is 677. The van der Waals surface area contributed by atoms with Crippen molar-refractivity contribution in [2.24, 2.45) is 0 Å². The van der Waals surface area contributed by atoms with Crippen LogP contribution < -0.4 is 4.74 Å². The van der Waals surface area contributed by atoms with Gasteiger partial charge in [0.25, 0.3) is 0 Å². The van der Waals surface area contributed by atoms with Crippen LogP contribution in [0.15, 0.2) is 49.6 Å². The first-order valence-electron chi connectivity index (χ1n) is 5.66. The van der Waals surface area contributed by atoms with Crippen LogP contribution in [-0.2, 0) is 0 Å². The highest BCUT2D eigenvalue weighted by Gasteiger charge is 2.08. The minimum atomic E-state index is 0.402. The summed E-state index contributed by atoms with van der Waals surface area (Å²) in [4.78, 5) is 8.74. The first-order chi connectivity index (χ1) is 9.19. The van der Waals surface area contributed by atoms with Crippen molar-refractivity contribution in [1.82, 2.24) is 9.97 Å². The number of allylic oxidation sites excluding steroid dienone is 4. The Kier molecular flexibility index (Phi) is 3.97. The molecule has 0 radical (unpaired) electrons. The van der Waals surface area contributed by atoms with Crippen LogP contribution in [0.1, 0.15) is 5.82 Å². The van der Waals surface area contributed by atoms with Crippen molar-refractivity contribution in [3.63, 3.8) is 0 Å². The highest BCUT2D eigenvalue weighted by molar-refractivity contribution is 6.34. The van der Waals surface area contributed by atoms with Crippen molar-refractivity contribution >= 4 is 28.1 Å². The van der Waals surface area contributed by atoms with Crippen LogP contribution in [0.3, 0.4) is 0 Å². The van der Waals surface area contributed by atoms with E-state index in [0.717, 1.165) is 22.2 Å². The molecule has 1 heterocycles. The molecule has 0 unspecified atom stereocenters. The largest absolute Gasteiger partial charge is 0.497 e. The van der Waals surface area contributed by atoms with Crippen LogP contribution in [0.5, 0.6) is 5.75 Å². The third-order valence-corrected chi connectivity index (χ3v) is 2.92. The maximum atomic E-state index is 6.18. The van der Waals surface area contributed by atoms with Crippen LogP contribution in [0.4, 0.5) is 0 Å². The number of aromatic nitrogens is 2. The molecule has 0 aliphatic rings. The fourth-order valence-corrected chi connectivity index (χ4v) is 1.93. The number of fused-ring (bicyclic) bond motifs is 1. The minimum Gasteiger partial charge on any atom is -0.497 e. The Balaban J connectivity index is 2.68. The third kappa shape index (κ3) is 2.66. The van der Waals surface area contributed by atoms with Crippen molar-refractivity contribution < 1.29 is 4.74 Å². The quantitative estimate of drug-likeness (QED) is 0.622. The maximum absolute atomic E-state index is 6.18. The molecule has 0 aliphatic carbocycles. The standard InChI is InChI=1S/C15H13ClN2O/c1-4-6-10(5-2)15-17-13-9-11(19-3)7-8-12(13)14(16)18-15/h4-9H,1-2H2,3H3/b10-6+. The van der Waals surface area contributed by atoms with Crippen LogP contribution in [0.2, 0.25) is 5.15 Å². The van der Waals surface area contributed by atoms with Gasteiger partial charge < -0.3 is 4.74 Å². The molecule has 0 saturated carbocycles. The summed E-state index contributed by atoms with van der Waals surface area (Å²) in [5, 5.41) is 1.19. The zero-order valence-electron chi connectivity index (χ0n) is 10.6. The van der Waals surface area contributed by atoms with Crippen LogP contribution >= 0.6 is 11.6 Å². The summed E-state index contributed by atoms with van der Waals surface area (Å²) >= 11 is 6.18. The molecule has 96 valence electrons. The van der Waals surface area contributed by atoms with E-state index < -0.39 is 0 Å². The number of benzene rings is 1. The summed E-state index contributed by atoms with van der Waals surface area (Å²) in [5.41, 5.74) is 1.49. The number of ether oxygens (including phenoxy) is 1. The molecule has 0 fully saturated rings. The van der Waals surface area contributed by atoms with Gasteiger partial charge >= 0.3 is 0 Å². The van der Waals surface area contributed by atoms with Crippen LogP contribution in [-0.4, -0.2) is 17.1 Å². The lowest BCUT2D eigenvalue weighted by Gasteiger charge is -2.06. The molecule has 19 heavy (non-hydrogen) atoms. The van der Waals surface area contributed by atoms with Gasteiger partial charge in [-0.2, -0.15) is 0 Å². The molecule has 4 heteroatoms. The second-order valence-corrected chi connectivity index (χ2v) is 4.14. The van der Waals surface area contributed by atoms with Gasteiger partial charge in [0.2, 0.25) is 0 Å². The highest BCUT2D eigenvalue weighted by atomic mass is 35.5. The van der Waals surface area contributed by atoms with Gasteiger partial charge in [-0.1, -0.05) is 43.0 Å². The monoisotopic (exact) mass is 272 g/mol. The molecule has 3 nitrogen and oxygen atoms in total. The fraction of sp³-hybridized carbons (Fsp3) is 0.0667. The SMILES string of the molecule is C=C/C=C(\C=C)c1nc(Cl)c2ccc(OC)cc2n1. The lowest BCUT2D eigenvalue weighted by atomic mass is 10.2. The maximum Gasteiger partial charge on any atom is 0.161 e. The molecular weight excluding hydrogens is 260 g/mol. The van der Waals surface area contributed by atoms with Crippen LogP contribution in [0.25, 0.3) is 16.5 Å². The topological polar surface area (TPSA) is 35.0 Å². The summed E-state index contributed by atoms with van der Waals surface area (Å²) in [6, 6.07) is 5.48. The van der Waals surface area contributed by atoms with E-state index in [9.17, 15) is 0 Å². The van der Waals surface area contributed by atoms with E-state index in [2.05, 4.69) is 23.1 Å². The van der Waals surface area contributed by atoms with Gasteiger partial charge in [-0.25, -0.2) is 9.97 Å². The molecule has 0 spiro atoms. The Morgan fingerprint density at radius 3 is 2.74 bits per heavy atom. The van der Waals surface area contributed by atoms with Gasteiger partial charge in [0, 0.05) is 17.0 Å². The summed E-state index contributed by atoms with van der Waals surface area (Å²) in [7, 11) is 1.61. The van der Waals surface area contributed by atoms with Gasteiger partial charge in [0.05, 0.1) is 12.6 Å². The van der Waals surface area contributed by atoms with Crippen molar-refractivity contribution in [3.05, 3.63) is 60.6 Å². The molecule has 1 aromatic carbocycles. The van der Waals surface area contributed by atoms with Crippen LogP contribution in [0, 0.1) is 0 Å². The predicted octanol–water partition coefficient (Wildman–Crippen LogP) is 4.05.